The number of nitrogens with one attached hydrogen (secondary N) is 1. The summed E-state index contributed by atoms with van der Waals surface area (Å²) in [6, 6.07) is 7.34. The molecule has 1 aromatic rings. The molecule has 1 unspecified atom stereocenters. The molecule has 2 N–H and O–H groups in total. The third kappa shape index (κ3) is 6.06. The highest BCUT2D eigenvalue weighted by Crippen LogP contribution is 2.15. The van der Waals surface area contributed by atoms with Crippen LogP contribution in [0, 0.1) is 5.92 Å². The molecular weight excluding hydrogens is 234 g/mol. The Balaban J connectivity index is 2.21. The van der Waals surface area contributed by atoms with Gasteiger partial charge in [-0.2, -0.15) is 0 Å². The predicted molar refractivity (Wildman–Crippen MR) is 73.4 cm³/mol. The van der Waals surface area contributed by atoms with Crippen LogP contribution in [0.15, 0.2) is 24.3 Å². The van der Waals surface area contributed by atoms with Gasteiger partial charge in [-0.15, -0.1) is 0 Å². The Morgan fingerprint density at radius 3 is 2.47 bits per heavy atom. The molecule has 1 rings (SSSR count). The SMILES string of the molecule is CC(C)CCCNCC(O)c1ccc(Cl)cc1. The molecule has 0 fully saturated rings. The van der Waals surface area contributed by atoms with Gasteiger partial charge in [0.15, 0.2) is 0 Å². The van der Waals surface area contributed by atoms with Crippen LogP contribution in [0.25, 0.3) is 0 Å². The number of benzene rings is 1. The molecule has 0 spiro atoms. The first-order valence-corrected chi connectivity index (χ1v) is 6.61. The van der Waals surface area contributed by atoms with Gasteiger partial charge >= 0.3 is 0 Å². The van der Waals surface area contributed by atoms with E-state index in [1.807, 2.05) is 12.1 Å². The van der Waals surface area contributed by atoms with Gasteiger partial charge < -0.3 is 10.4 Å². The molecule has 0 aromatic heterocycles. The highest BCUT2D eigenvalue weighted by Gasteiger charge is 2.06. The van der Waals surface area contributed by atoms with Crippen LogP contribution in [0.1, 0.15) is 38.4 Å². The van der Waals surface area contributed by atoms with Crippen LogP contribution in [0.3, 0.4) is 0 Å². The minimum absolute atomic E-state index is 0.452. The topological polar surface area (TPSA) is 32.3 Å². The zero-order chi connectivity index (χ0) is 12.7. The molecule has 1 atom stereocenters. The average molecular weight is 256 g/mol. The van der Waals surface area contributed by atoms with Crippen LogP contribution in [0.2, 0.25) is 5.02 Å². The Labute approximate surface area is 109 Å². The van der Waals surface area contributed by atoms with E-state index in [1.165, 1.54) is 6.42 Å². The molecule has 0 aliphatic rings. The largest absolute Gasteiger partial charge is 0.387 e. The fourth-order valence-electron chi connectivity index (χ4n) is 1.68. The molecular formula is C14H22ClNO. The summed E-state index contributed by atoms with van der Waals surface area (Å²) in [4.78, 5) is 0. The number of aliphatic hydroxyl groups excluding tert-OH is 1. The molecule has 0 aliphatic carbocycles. The number of hydrogen-bond acceptors (Lipinski definition) is 2. The van der Waals surface area contributed by atoms with E-state index in [1.54, 1.807) is 12.1 Å². The van der Waals surface area contributed by atoms with E-state index in [2.05, 4.69) is 19.2 Å². The maximum Gasteiger partial charge on any atom is 0.0914 e. The van der Waals surface area contributed by atoms with Crippen molar-refractivity contribution in [2.24, 2.45) is 5.92 Å². The minimum Gasteiger partial charge on any atom is -0.387 e. The summed E-state index contributed by atoms with van der Waals surface area (Å²) in [6.45, 7) is 6.01. The van der Waals surface area contributed by atoms with E-state index in [0.717, 1.165) is 24.4 Å². The highest BCUT2D eigenvalue weighted by atomic mass is 35.5. The lowest BCUT2D eigenvalue weighted by atomic mass is 10.1. The van der Waals surface area contributed by atoms with E-state index in [4.69, 9.17) is 11.6 Å². The second kappa shape index (κ2) is 7.70. The first kappa shape index (κ1) is 14.5. The van der Waals surface area contributed by atoms with Crippen LogP contribution in [-0.4, -0.2) is 18.2 Å². The molecule has 0 radical (unpaired) electrons. The van der Waals surface area contributed by atoms with Crippen molar-refractivity contribution in [3.05, 3.63) is 34.9 Å². The molecule has 96 valence electrons. The van der Waals surface area contributed by atoms with Crippen molar-refractivity contribution >= 4 is 11.6 Å². The number of hydrogen-bond donors (Lipinski definition) is 2. The lowest BCUT2D eigenvalue weighted by Gasteiger charge is -2.12. The van der Waals surface area contributed by atoms with E-state index >= 15 is 0 Å². The molecule has 0 aliphatic heterocycles. The van der Waals surface area contributed by atoms with Gasteiger partial charge in [0, 0.05) is 11.6 Å². The van der Waals surface area contributed by atoms with Crippen molar-refractivity contribution in [3.8, 4) is 0 Å². The van der Waals surface area contributed by atoms with Crippen molar-refractivity contribution in [3.63, 3.8) is 0 Å². The second-order valence-electron chi connectivity index (χ2n) is 4.81. The van der Waals surface area contributed by atoms with Gasteiger partial charge in [0.1, 0.15) is 0 Å². The zero-order valence-electron chi connectivity index (χ0n) is 10.6. The average Bonchev–Trinajstić information content (AvgIpc) is 2.29. The van der Waals surface area contributed by atoms with Gasteiger partial charge in [0.25, 0.3) is 0 Å². The molecule has 1 aromatic carbocycles. The third-order valence-corrected chi connectivity index (χ3v) is 2.98. The van der Waals surface area contributed by atoms with Crippen LogP contribution in [-0.2, 0) is 0 Å². The smallest absolute Gasteiger partial charge is 0.0914 e. The van der Waals surface area contributed by atoms with Crippen LogP contribution < -0.4 is 5.32 Å². The second-order valence-corrected chi connectivity index (χ2v) is 5.24. The first-order valence-electron chi connectivity index (χ1n) is 6.24. The fraction of sp³-hybridized carbons (Fsp3) is 0.571. The maximum atomic E-state index is 9.91. The summed E-state index contributed by atoms with van der Waals surface area (Å²) >= 11 is 5.79. The van der Waals surface area contributed by atoms with Crippen molar-refractivity contribution < 1.29 is 5.11 Å². The molecule has 0 amide bonds. The van der Waals surface area contributed by atoms with Crippen molar-refractivity contribution in [2.45, 2.75) is 32.8 Å². The van der Waals surface area contributed by atoms with Gasteiger partial charge in [0.05, 0.1) is 6.10 Å². The summed E-state index contributed by atoms with van der Waals surface area (Å²) in [5, 5.41) is 13.9. The minimum atomic E-state index is -0.452. The maximum absolute atomic E-state index is 9.91. The summed E-state index contributed by atoms with van der Waals surface area (Å²) in [6.07, 6.45) is 1.93. The van der Waals surface area contributed by atoms with E-state index in [9.17, 15) is 5.11 Å². The van der Waals surface area contributed by atoms with Crippen LogP contribution in [0.4, 0.5) is 0 Å². The van der Waals surface area contributed by atoms with Gasteiger partial charge in [-0.3, -0.25) is 0 Å². The quantitative estimate of drug-likeness (QED) is 0.732. The standard InChI is InChI=1S/C14H22ClNO/c1-11(2)4-3-9-16-10-14(17)12-5-7-13(15)8-6-12/h5-8,11,14,16-17H,3-4,9-10H2,1-2H3. The Morgan fingerprint density at radius 1 is 1.24 bits per heavy atom. The normalized spacial score (nSPS) is 13.0. The van der Waals surface area contributed by atoms with Gasteiger partial charge in [0.2, 0.25) is 0 Å². The molecule has 17 heavy (non-hydrogen) atoms. The molecule has 0 heterocycles. The summed E-state index contributed by atoms with van der Waals surface area (Å²) < 4.78 is 0. The Bertz CT molecular complexity index is 311. The van der Waals surface area contributed by atoms with Crippen molar-refractivity contribution in [1.82, 2.24) is 5.32 Å². The Morgan fingerprint density at radius 2 is 1.88 bits per heavy atom. The zero-order valence-corrected chi connectivity index (χ0v) is 11.4. The predicted octanol–water partition coefficient (Wildman–Crippen LogP) is 3.40. The lowest BCUT2D eigenvalue weighted by Crippen LogP contribution is -2.22. The highest BCUT2D eigenvalue weighted by molar-refractivity contribution is 6.30. The fourth-order valence-corrected chi connectivity index (χ4v) is 1.80. The Kier molecular flexibility index (Phi) is 6.56. The van der Waals surface area contributed by atoms with Gasteiger partial charge in [-0.1, -0.05) is 37.6 Å². The summed E-state index contributed by atoms with van der Waals surface area (Å²) in [5.41, 5.74) is 0.908. The van der Waals surface area contributed by atoms with Crippen LogP contribution >= 0.6 is 11.6 Å². The van der Waals surface area contributed by atoms with E-state index < -0.39 is 6.10 Å². The van der Waals surface area contributed by atoms with Crippen LogP contribution in [0.5, 0.6) is 0 Å². The number of aliphatic hydroxyl groups is 1. The first-order chi connectivity index (χ1) is 8.09. The number of halogens is 1. The number of rotatable bonds is 7. The monoisotopic (exact) mass is 255 g/mol. The molecule has 2 nitrogen and oxygen atoms in total. The molecule has 3 heteroatoms. The summed E-state index contributed by atoms with van der Waals surface area (Å²) in [5.74, 6) is 0.748. The third-order valence-electron chi connectivity index (χ3n) is 2.73. The van der Waals surface area contributed by atoms with Crippen molar-refractivity contribution in [1.29, 1.82) is 0 Å². The lowest BCUT2D eigenvalue weighted by molar-refractivity contribution is 0.174. The summed E-state index contributed by atoms with van der Waals surface area (Å²) in [7, 11) is 0. The van der Waals surface area contributed by atoms with E-state index in [0.29, 0.717) is 11.6 Å². The molecule has 0 bridgehead atoms. The Hall–Kier alpha value is -0.570. The van der Waals surface area contributed by atoms with Crippen molar-refractivity contribution in [2.75, 3.05) is 13.1 Å². The van der Waals surface area contributed by atoms with Gasteiger partial charge in [-0.05, 0) is 43.0 Å². The van der Waals surface area contributed by atoms with Gasteiger partial charge in [-0.25, -0.2) is 0 Å². The van der Waals surface area contributed by atoms with E-state index in [-0.39, 0.29) is 0 Å². The molecule has 0 saturated carbocycles. The molecule has 0 saturated heterocycles.